The van der Waals surface area contributed by atoms with Crippen LogP contribution in [0.4, 0.5) is 10.1 Å². The molecule has 1 amide bonds. The van der Waals surface area contributed by atoms with Crippen LogP contribution in [0.25, 0.3) is 0 Å². The Morgan fingerprint density at radius 3 is 2.50 bits per heavy atom. The van der Waals surface area contributed by atoms with Gasteiger partial charge in [0.25, 0.3) is 5.91 Å². The maximum atomic E-state index is 13.8. The van der Waals surface area contributed by atoms with E-state index in [4.69, 9.17) is 4.74 Å². The molecule has 0 saturated heterocycles. The number of aromatic amines is 1. The van der Waals surface area contributed by atoms with Gasteiger partial charge in [-0.15, -0.1) is 0 Å². The number of rotatable bonds is 3. The third-order valence-corrected chi connectivity index (χ3v) is 3.43. The standard InChI is InChI=1S/C16H17FN2O3/c1-8-5-6-12(11(17)7-8)19-15(20)14-9(2)13(10(3)18-14)16(21)22-4/h5-7,18H,1-4H3,(H,19,20). The highest BCUT2D eigenvalue weighted by Gasteiger charge is 2.22. The Kier molecular flexibility index (Phi) is 4.30. The average molecular weight is 304 g/mol. The predicted molar refractivity (Wildman–Crippen MR) is 80.7 cm³/mol. The van der Waals surface area contributed by atoms with Crippen LogP contribution in [-0.2, 0) is 4.74 Å². The molecule has 1 aromatic heterocycles. The van der Waals surface area contributed by atoms with Crippen molar-refractivity contribution >= 4 is 17.6 Å². The first kappa shape index (κ1) is 15.8. The minimum Gasteiger partial charge on any atom is -0.465 e. The number of esters is 1. The summed E-state index contributed by atoms with van der Waals surface area (Å²) in [7, 11) is 1.27. The molecule has 0 aliphatic carbocycles. The summed E-state index contributed by atoms with van der Waals surface area (Å²) in [5.74, 6) is -1.55. The van der Waals surface area contributed by atoms with Crippen LogP contribution in [0.2, 0.25) is 0 Å². The van der Waals surface area contributed by atoms with E-state index in [1.165, 1.54) is 19.2 Å². The summed E-state index contributed by atoms with van der Waals surface area (Å²) < 4.78 is 18.5. The lowest BCUT2D eigenvalue weighted by Gasteiger charge is -2.07. The molecule has 5 nitrogen and oxygen atoms in total. The lowest BCUT2D eigenvalue weighted by molar-refractivity contribution is 0.0599. The van der Waals surface area contributed by atoms with Gasteiger partial charge in [0.1, 0.15) is 11.5 Å². The third-order valence-electron chi connectivity index (χ3n) is 3.43. The lowest BCUT2D eigenvalue weighted by Crippen LogP contribution is -2.15. The summed E-state index contributed by atoms with van der Waals surface area (Å²) in [6.07, 6.45) is 0. The summed E-state index contributed by atoms with van der Waals surface area (Å²) in [6, 6.07) is 4.53. The minimum absolute atomic E-state index is 0.0851. The fourth-order valence-electron chi connectivity index (χ4n) is 2.29. The Hall–Kier alpha value is -2.63. The molecule has 0 aliphatic rings. The lowest BCUT2D eigenvalue weighted by atomic mass is 10.1. The molecule has 2 aromatic rings. The second kappa shape index (κ2) is 6.01. The zero-order valence-electron chi connectivity index (χ0n) is 12.8. The van der Waals surface area contributed by atoms with Gasteiger partial charge in [0.15, 0.2) is 0 Å². The van der Waals surface area contributed by atoms with Crippen molar-refractivity contribution in [3.63, 3.8) is 0 Å². The van der Waals surface area contributed by atoms with Crippen molar-refractivity contribution < 1.29 is 18.7 Å². The number of aromatic nitrogens is 1. The maximum Gasteiger partial charge on any atom is 0.339 e. The monoisotopic (exact) mass is 304 g/mol. The highest BCUT2D eigenvalue weighted by Crippen LogP contribution is 2.21. The number of amides is 1. The number of anilines is 1. The highest BCUT2D eigenvalue weighted by atomic mass is 19.1. The molecule has 1 aromatic carbocycles. The van der Waals surface area contributed by atoms with Crippen molar-refractivity contribution in [1.82, 2.24) is 4.98 Å². The van der Waals surface area contributed by atoms with Gasteiger partial charge < -0.3 is 15.0 Å². The molecule has 1 heterocycles. The van der Waals surface area contributed by atoms with Gasteiger partial charge in [-0.05, 0) is 44.0 Å². The van der Waals surface area contributed by atoms with Crippen LogP contribution in [0, 0.1) is 26.6 Å². The first-order valence-electron chi connectivity index (χ1n) is 6.70. The van der Waals surface area contributed by atoms with E-state index in [0.29, 0.717) is 16.8 Å². The molecule has 0 saturated carbocycles. The zero-order chi connectivity index (χ0) is 16.4. The smallest absolute Gasteiger partial charge is 0.339 e. The Morgan fingerprint density at radius 1 is 1.23 bits per heavy atom. The minimum atomic E-state index is -0.521. The van der Waals surface area contributed by atoms with Crippen LogP contribution >= 0.6 is 0 Å². The number of benzene rings is 1. The number of ether oxygens (including phenoxy) is 1. The second-order valence-electron chi connectivity index (χ2n) is 5.05. The molecule has 2 N–H and O–H groups in total. The number of hydrogen-bond acceptors (Lipinski definition) is 3. The number of halogens is 1. The number of carbonyl (C=O) groups excluding carboxylic acids is 2. The Bertz CT molecular complexity index is 750. The Balaban J connectivity index is 2.32. The molecule has 22 heavy (non-hydrogen) atoms. The molecule has 0 fully saturated rings. The normalized spacial score (nSPS) is 10.4. The van der Waals surface area contributed by atoms with E-state index in [1.807, 2.05) is 0 Å². The van der Waals surface area contributed by atoms with Crippen LogP contribution in [0.3, 0.4) is 0 Å². The van der Waals surface area contributed by atoms with E-state index in [9.17, 15) is 14.0 Å². The third kappa shape index (κ3) is 2.86. The average Bonchev–Trinajstić information content (AvgIpc) is 2.76. The van der Waals surface area contributed by atoms with Gasteiger partial charge in [0.05, 0.1) is 18.4 Å². The van der Waals surface area contributed by atoms with Gasteiger partial charge >= 0.3 is 5.97 Å². The Labute approximate surface area is 127 Å². The number of methoxy groups -OCH3 is 1. The summed E-state index contributed by atoms with van der Waals surface area (Å²) in [5, 5.41) is 2.49. The SMILES string of the molecule is COC(=O)c1c(C)[nH]c(C(=O)Nc2ccc(C)cc2F)c1C. The quantitative estimate of drug-likeness (QED) is 0.856. The van der Waals surface area contributed by atoms with Crippen molar-refractivity contribution in [2.24, 2.45) is 0 Å². The van der Waals surface area contributed by atoms with Gasteiger partial charge in [0.2, 0.25) is 0 Å². The van der Waals surface area contributed by atoms with Crippen LogP contribution < -0.4 is 5.32 Å². The topological polar surface area (TPSA) is 71.2 Å². The van der Waals surface area contributed by atoms with Gasteiger partial charge in [-0.25, -0.2) is 9.18 Å². The number of carbonyl (C=O) groups is 2. The van der Waals surface area contributed by atoms with Gasteiger partial charge in [-0.2, -0.15) is 0 Å². The zero-order valence-corrected chi connectivity index (χ0v) is 12.8. The molecule has 2 rings (SSSR count). The Morgan fingerprint density at radius 2 is 1.91 bits per heavy atom. The molecule has 6 heteroatoms. The summed E-state index contributed by atoms with van der Waals surface area (Å²) in [6.45, 7) is 5.06. The largest absolute Gasteiger partial charge is 0.465 e. The number of aryl methyl sites for hydroxylation is 2. The predicted octanol–water partition coefficient (Wildman–Crippen LogP) is 3.12. The van der Waals surface area contributed by atoms with E-state index in [2.05, 4.69) is 10.3 Å². The molecular formula is C16H17FN2O3. The first-order valence-corrected chi connectivity index (χ1v) is 6.70. The second-order valence-corrected chi connectivity index (χ2v) is 5.05. The van der Waals surface area contributed by atoms with Crippen molar-refractivity contribution in [2.75, 3.05) is 12.4 Å². The van der Waals surface area contributed by atoms with Crippen LogP contribution in [0.15, 0.2) is 18.2 Å². The van der Waals surface area contributed by atoms with Crippen molar-refractivity contribution in [2.45, 2.75) is 20.8 Å². The van der Waals surface area contributed by atoms with E-state index in [0.717, 1.165) is 5.56 Å². The summed E-state index contributed by atoms with van der Waals surface area (Å²) >= 11 is 0. The van der Waals surface area contributed by atoms with Crippen LogP contribution in [0.1, 0.15) is 37.7 Å². The summed E-state index contributed by atoms with van der Waals surface area (Å²) in [5.41, 5.74) is 2.36. The molecule has 0 unspecified atom stereocenters. The molecule has 0 aliphatic heterocycles. The number of nitrogens with one attached hydrogen (secondary N) is 2. The fourth-order valence-corrected chi connectivity index (χ4v) is 2.29. The number of hydrogen-bond donors (Lipinski definition) is 2. The van der Waals surface area contributed by atoms with Gasteiger partial charge in [-0.3, -0.25) is 4.79 Å². The van der Waals surface area contributed by atoms with Crippen molar-refractivity contribution in [1.29, 1.82) is 0 Å². The van der Waals surface area contributed by atoms with Gasteiger partial charge in [-0.1, -0.05) is 6.07 Å². The molecular weight excluding hydrogens is 287 g/mol. The van der Waals surface area contributed by atoms with E-state index >= 15 is 0 Å². The van der Waals surface area contributed by atoms with E-state index in [1.54, 1.807) is 26.8 Å². The molecule has 0 spiro atoms. The van der Waals surface area contributed by atoms with Crippen molar-refractivity contribution in [3.05, 3.63) is 52.1 Å². The van der Waals surface area contributed by atoms with E-state index in [-0.39, 0.29) is 11.4 Å². The van der Waals surface area contributed by atoms with Crippen molar-refractivity contribution in [3.8, 4) is 0 Å². The molecule has 0 radical (unpaired) electrons. The maximum absolute atomic E-state index is 13.8. The van der Waals surface area contributed by atoms with Crippen LogP contribution in [0.5, 0.6) is 0 Å². The summed E-state index contributed by atoms with van der Waals surface area (Å²) in [4.78, 5) is 26.8. The number of H-pyrrole nitrogens is 1. The van der Waals surface area contributed by atoms with Crippen LogP contribution in [-0.4, -0.2) is 24.0 Å². The van der Waals surface area contributed by atoms with E-state index < -0.39 is 17.7 Å². The molecule has 0 atom stereocenters. The van der Waals surface area contributed by atoms with Gasteiger partial charge in [0, 0.05) is 5.69 Å². The fraction of sp³-hybridized carbons (Fsp3) is 0.250. The first-order chi connectivity index (χ1) is 10.3. The molecule has 0 bridgehead atoms. The molecule has 116 valence electrons. The highest BCUT2D eigenvalue weighted by molar-refractivity contribution is 6.06.